The minimum atomic E-state index is -0.244. The van der Waals surface area contributed by atoms with Gasteiger partial charge in [0.15, 0.2) is 5.78 Å². The van der Waals surface area contributed by atoms with E-state index in [4.69, 9.17) is 4.74 Å². The molecule has 2 atom stereocenters. The van der Waals surface area contributed by atoms with E-state index in [2.05, 4.69) is 15.0 Å². The number of Topliss-reactive ketones (excluding diaryl/α,β-unsaturated/α-hetero) is 1. The van der Waals surface area contributed by atoms with Crippen molar-refractivity contribution in [3.63, 3.8) is 0 Å². The molecule has 1 aliphatic rings. The Labute approximate surface area is 165 Å². The number of carbonyl (C=O) groups excluding carboxylic acids is 2. The molecule has 1 fully saturated rings. The monoisotopic (exact) mass is 387 g/mol. The zero-order chi connectivity index (χ0) is 20.6. The molecule has 3 heterocycles. The summed E-state index contributed by atoms with van der Waals surface area (Å²) >= 11 is 0. The molecule has 0 radical (unpaired) electrons. The highest BCUT2D eigenvalue weighted by Crippen LogP contribution is 2.32. The molecule has 3 rings (SSSR count). The number of nitrogens with zero attached hydrogens (tertiary/aromatic N) is 4. The van der Waals surface area contributed by atoms with Crippen LogP contribution in [0.5, 0.6) is 0 Å². The van der Waals surface area contributed by atoms with Gasteiger partial charge < -0.3 is 19.5 Å². The molecule has 2 aromatic rings. The molecule has 0 aliphatic carbocycles. The molecular formula is C20H29N5O3. The quantitative estimate of drug-likeness (QED) is 0.790. The lowest BCUT2D eigenvalue weighted by atomic mass is 9.98. The van der Waals surface area contributed by atoms with Crippen LogP contribution < -0.4 is 0 Å². The van der Waals surface area contributed by atoms with Gasteiger partial charge in [-0.1, -0.05) is 0 Å². The van der Waals surface area contributed by atoms with Crippen molar-refractivity contribution in [2.24, 2.45) is 7.05 Å². The van der Waals surface area contributed by atoms with Gasteiger partial charge in [-0.15, -0.1) is 0 Å². The van der Waals surface area contributed by atoms with Crippen LogP contribution >= 0.6 is 0 Å². The molecule has 0 saturated carbocycles. The maximum Gasteiger partial charge on any atom is 0.256 e. The lowest BCUT2D eigenvalue weighted by Crippen LogP contribution is -2.51. The van der Waals surface area contributed by atoms with Crippen LogP contribution in [0.15, 0.2) is 12.4 Å². The fraction of sp³-hybridized carbons (Fsp3) is 0.550. The fourth-order valence-electron chi connectivity index (χ4n) is 4.03. The van der Waals surface area contributed by atoms with Gasteiger partial charge in [0.1, 0.15) is 0 Å². The number of aromatic amines is 1. The zero-order valence-electron chi connectivity index (χ0n) is 17.4. The number of aryl methyl sites for hydroxylation is 2. The Bertz CT molecular complexity index is 883. The molecule has 2 aromatic heterocycles. The Kier molecular flexibility index (Phi) is 5.71. The van der Waals surface area contributed by atoms with Gasteiger partial charge in [-0.2, -0.15) is 5.10 Å². The molecule has 1 saturated heterocycles. The normalized spacial score (nSPS) is 20.0. The maximum absolute atomic E-state index is 13.6. The molecule has 8 heteroatoms. The van der Waals surface area contributed by atoms with Crippen molar-refractivity contribution in [1.82, 2.24) is 24.6 Å². The number of ketones is 1. The summed E-state index contributed by atoms with van der Waals surface area (Å²) in [6.07, 6.45) is 3.56. The maximum atomic E-state index is 13.6. The first-order valence-corrected chi connectivity index (χ1v) is 9.46. The topological polar surface area (TPSA) is 83.5 Å². The van der Waals surface area contributed by atoms with Crippen LogP contribution in [-0.4, -0.2) is 76.2 Å². The van der Waals surface area contributed by atoms with Crippen LogP contribution in [-0.2, 0) is 11.8 Å². The molecule has 1 N–H and O–H groups in total. The lowest BCUT2D eigenvalue weighted by molar-refractivity contribution is -0.0685. The summed E-state index contributed by atoms with van der Waals surface area (Å²) in [7, 11) is 5.84. The van der Waals surface area contributed by atoms with Crippen molar-refractivity contribution in [2.75, 3.05) is 33.8 Å². The molecule has 152 valence electrons. The molecule has 0 bridgehead atoms. The highest BCUT2D eigenvalue weighted by molar-refractivity contribution is 6.02. The van der Waals surface area contributed by atoms with E-state index in [-0.39, 0.29) is 23.8 Å². The second kappa shape index (κ2) is 7.89. The number of hydrogen-bond acceptors (Lipinski definition) is 5. The number of nitrogens with one attached hydrogen (secondary N) is 1. The number of morpholine rings is 1. The van der Waals surface area contributed by atoms with E-state index in [1.54, 1.807) is 10.9 Å². The highest BCUT2D eigenvalue weighted by atomic mass is 16.5. The van der Waals surface area contributed by atoms with Crippen molar-refractivity contribution in [3.05, 3.63) is 40.5 Å². The van der Waals surface area contributed by atoms with E-state index in [1.807, 2.05) is 46.1 Å². The predicted octanol–water partition coefficient (Wildman–Crippen LogP) is 1.71. The first-order chi connectivity index (χ1) is 13.2. The third kappa shape index (κ3) is 3.74. The Morgan fingerprint density at radius 2 is 2.07 bits per heavy atom. The highest BCUT2D eigenvalue weighted by Gasteiger charge is 2.39. The molecule has 28 heavy (non-hydrogen) atoms. The summed E-state index contributed by atoms with van der Waals surface area (Å²) in [5, 5.41) is 4.29. The van der Waals surface area contributed by atoms with Gasteiger partial charge in [-0.05, 0) is 33.5 Å². The smallest absolute Gasteiger partial charge is 0.256 e. The molecule has 0 unspecified atom stereocenters. The summed E-state index contributed by atoms with van der Waals surface area (Å²) in [6, 6.07) is -0.244. The largest absolute Gasteiger partial charge is 0.373 e. The van der Waals surface area contributed by atoms with E-state index in [1.165, 1.54) is 6.92 Å². The average Bonchev–Trinajstić information content (AvgIpc) is 3.16. The lowest BCUT2D eigenvalue weighted by Gasteiger charge is -2.42. The molecule has 0 spiro atoms. The van der Waals surface area contributed by atoms with Crippen molar-refractivity contribution in [2.45, 2.75) is 32.9 Å². The standard InChI is InChI=1S/C20H29N5O3/c1-12-17(13(2)22-18(12)14(3)26)20(27)25-7-8-28-16(11-23(4)5)19(25)15-9-21-24(6)10-15/h9-10,16,19,22H,7-8,11H2,1-6H3/t16-,19-/m0/s1. The fourth-order valence-corrected chi connectivity index (χ4v) is 4.03. The molecule has 1 amide bonds. The van der Waals surface area contributed by atoms with E-state index in [0.29, 0.717) is 42.2 Å². The van der Waals surface area contributed by atoms with Crippen LogP contribution in [0.25, 0.3) is 0 Å². The predicted molar refractivity (Wildman–Crippen MR) is 106 cm³/mol. The number of ether oxygens (including phenoxy) is 1. The summed E-state index contributed by atoms with van der Waals surface area (Å²) in [5.41, 5.74) is 3.44. The second-order valence-electron chi connectivity index (χ2n) is 7.74. The van der Waals surface area contributed by atoms with Crippen molar-refractivity contribution in [3.8, 4) is 0 Å². The third-order valence-corrected chi connectivity index (χ3v) is 5.23. The molecule has 8 nitrogen and oxygen atoms in total. The third-order valence-electron chi connectivity index (χ3n) is 5.23. The van der Waals surface area contributed by atoms with Gasteiger partial charge in [0.25, 0.3) is 5.91 Å². The van der Waals surface area contributed by atoms with Gasteiger partial charge >= 0.3 is 0 Å². The molecule has 1 aliphatic heterocycles. The Morgan fingerprint density at radius 1 is 1.36 bits per heavy atom. The summed E-state index contributed by atoms with van der Waals surface area (Å²) in [5.74, 6) is -0.157. The van der Waals surface area contributed by atoms with Crippen LogP contribution in [0.3, 0.4) is 0 Å². The van der Waals surface area contributed by atoms with Gasteiger partial charge in [0, 0.05) is 44.5 Å². The van der Waals surface area contributed by atoms with Gasteiger partial charge in [-0.3, -0.25) is 14.3 Å². The first-order valence-electron chi connectivity index (χ1n) is 9.46. The minimum absolute atomic E-state index is 0.0732. The van der Waals surface area contributed by atoms with Crippen LogP contribution in [0.1, 0.15) is 50.6 Å². The number of hydrogen-bond donors (Lipinski definition) is 1. The second-order valence-corrected chi connectivity index (χ2v) is 7.74. The summed E-state index contributed by atoms with van der Waals surface area (Å²) < 4.78 is 7.79. The number of H-pyrrole nitrogens is 1. The van der Waals surface area contributed by atoms with Gasteiger partial charge in [-0.25, -0.2) is 0 Å². The number of carbonyl (C=O) groups is 2. The van der Waals surface area contributed by atoms with Crippen molar-refractivity contribution in [1.29, 1.82) is 0 Å². The van der Waals surface area contributed by atoms with Crippen LogP contribution in [0.2, 0.25) is 0 Å². The average molecular weight is 387 g/mol. The van der Waals surface area contributed by atoms with Gasteiger partial charge in [0.2, 0.25) is 0 Å². The van der Waals surface area contributed by atoms with Crippen molar-refractivity contribution >= 4 is 11.7 Å². The van der Waals surface area contributed by atoms with E-state index >= 15 is 0 Å². The number of amides is 1. The Balaban J connectivity index is 2.02. The summed E-state index contributed by atoms with van der Waals surface area (Å²) in [4.78, 5) is 32.5. The Morgan fingerprint density at radius 3 is 2.61 bits per heavy atom. The van der Waals surface area contributed by atoms with E-state index in [9.17, 15) is 9.59 Å². The van der Waals surface area contributed by atoms with Crippen LogP contribution in [0, 0.1) is 13.8 Å². The van der Waals surface area contributed by atoms with Crippen LogP contribution in [0.4, 0.5) is 0 Å². The Hall–Kier alpha value is -2.45. The van der Waals surface area contributed by atoms with E-state index in [0.717, 1.165) is 5.56 Å². The molecular weight excluding hydrogens is 358 g/mol. The number of likely N-dealkylation sites (N-methyl/N-ethyl adjacent to an activating group) is 1. The molecule has 0 aromatic carbocycles. The number of aromatic nitrogens is 3. The van der Waals surface area contributed by atoms with E-state index < -0.39 is 0 Å². The van der Waals surface area contributed by atoms with Gasteiger partial charge in [0.05, 0.1) is 36.2 Å². The first kappa shape index (κ1) is 20.3. The SMILES string of the molecule is CC(=O)c1[nH]c(C)c(C(=O)N2CCO[C@@H](CN(C)C)[C@@H]2c2cnn(C)c2)c1C. The summed E-state index contributed by atoms with van der Waals surface area (Å²) in [6.45, 7) is 6.82. The zero-order valence-corrected chi connectivity index (χ0v) is 17.4. The number of rotatable bonds is 5. The minimum Gasteiger partial charge on any atom is -0.373 e. The van der Waals surface area contributed by atoms with Crippen molar-refractivity contribution < 1.29 is 14.3 Å².